The predicted molar refractivity (Wildman–Crippen MR) is 518 cm³/mol. The number of benzene rings is 8. The highest BCUT2D eigenvalue weighted by molar-refractivity contribution is 6.01. The third-order valence-electron chi connectivity index (χ3n) is 24.3. The maximum Gasteiger partial charge on any atom is 0.324 e. The van der Waals surface area contributed by atoms with Gasteiger partial charge in [-0.15, -0.1) is 0 Å². The summed E-state index contributed by atoms with van der Waals surface area (Å²) in [7, 11) is 1.72. The van der Waals surface area contributed by atoms with Crippen LogP contribution in [-0.4, -0.2) is 207 Å². The van der Waals surface area contributed by atoms with Crippen molar-refractivity contribution in [3.8, 4) is 0 Å². The molecule has 702 valence electrons. The van der Waals surface area contributed by atoms with Crippen LogP contribution in [0.15, 0.2) is 164 Å². The number of aliphatic hydroxyl groups is 1. The van der Waals surface area contributed by atoms with Gasteiger partial charge in [-0.3, -0.25) is 33.7 Å². The van der Waals surface area contributed by atoms with Crippen molar-refractivity contribution >= 4 is 87.0 Å². The standard InChI is InChI=1S/C18H20N2O.C16H24N2O2.C14H18F2N2O.C14H19FN2O.C14H21N3O.C14H20N2O.C13H17FN2O/c1-13(2)14-7-9-15(10-8-14)20-12-11-19-18(21)16-5-3-4-6-17(16)20;1-13(2)14-4-6-15(7-5-14)17-8-3-9-18(11-10-17)16(20)12-19;1-9(2)10-7-11(15)14(12(16)8-10)18-5-3-13(19)17-4-6-18;1-10(2)11-3-4-13(12(15)9-11)17-7-5-14(18)16-6-8-17;1-10(2)11-3-4-13(12(9-11)14(15)18)17-7-5-16-6-8-17;1-11(2)12-3-5-13(6-4-12)16-9-7-14(17)15-8-10-16;1-9(2)10-4-5-12(11(14)8-10)16-7-6-15(3)13(16)17/h3-10,13H,11-12H2,1-2H3,(H,19,21);4-7,13,19H,3,8-12H2,1-2H3;7-9H,3-6H2,1-2H3,(H,17,19);3-4,9-10H,5-8H2,1-2H3,(H,16,18);3-4,9-10,16H,5-8H2,1-2H3,(H2,15,18);3-6,11H,7-10H2,1-2H3,(H,15,17);4-5,8-9H,6-7H2,1-3H3. The average molecular weight is 1790 g/mol. The molecule has 6 fully saturated rings. The molecule has 0 spiro atoms. The summed E-state index contributed by atoms with van der Waals surface area (Å²) in [5, 5.41) is 23.6. The minimum Gasteiger partial charge on any atom is -0.387 e. The molecule has 0 aromatic heterocycles. The summed E-state index contributed by atoms with van der Waals surface area (Å²) >= 11 is 0. The van der Waals surface area contributed by atoms with E-state index in [-0.39, 0.29) is 83.7 Å². The molecule has 6 saturated heterocycles. The number of nitrogens with two attached hydrogens (primary N) is 1. The number of nitrogens with zero attached hydrogens (tertiary/aromatic N) is 9. The Morgan fingerprint density at radius 3 is 1.23 bits per heavy atom. The molecule has 0 radical (unpaired) electrons. The Bertz CT molecular complexity index is 5000. The Morgan fingerprint density at radius 1 is 0.362 bits per heavy atom. The van der Waals surface area contributed by atoms with Crippen LogP contribution in [-0.2, 0) is 19.2 Å². The van der Waals surface area contributed by atoms with Gasteiger partial charge in [-0.05, 0) is 184 Å². The van der Waals surface area contributed by atoms with Crippen molar-refractivity contribution in [1.29, 1.82) is 0 Å². The van der Waals surface area contributed by atoms with Gasteiger partial charge in [0.15, 0.2) is 0 Å². The number of halogens is 4. The van der Waals surface area contributed by atoms with Gasteiger partial charge in [0.1, 0.15) is 35.6 Å². The van der Waals surface area contributed by atoms with E-state index >= 15 is 0 Å². The first-order chi connectivity index (χ1) is 62.1. The molecule has 15 rings (SSSR count). The third kappa shape index (κ3) is 29.4. The molecule has 7 aliphatic heterocycles. The number of piperazine rings is 1. The molecular formula is C103H139F4N15O8. The topological polar surface area (TPSA) is 255 Å². The van der Waals surface area contributed by atoms with Crippen LogP contribution >= 0.6 is 0 Å². The number of likely N-dealkylation sites (N-methyl/N-ethyl adjacent to an activating group) is 1. The molecule has 7 heterocycles. The number of rotatable bonds is 16. The molecule has 8 N–H and O–H groups in total. The Balaban J connectivity index is 0.000000171. The lowest BCUT2D eigenvalue weighted by molar-refractivity contribution is -0.134. The fraction of sp³-hybridized carbons (Fsp3) is 0.466. The van der Waals surface area contributed by atoms with Gasteiger partial charge < -0.3 is 76.6 Å². The zero-order valence-corrected chi connectivity index (χ0v) is 78.9. The van der Waals surface area contributed by atoms with Crippen LogP contribution in [0.1, 0.15) is 224 Å². The van der Waals surface area contributed by atoms with Crippen molar-refractivity contribution < 1.29 is 56.2 Å². The lowest BCUT2D eigenvalue weighted by Crippen LogP contribution is -2.44. The van der Waals surface area contributed by atoms with Gasteiger partial charge in [-0.2, -0.15) is 0 Å². The fourth-order valence-electron chi connectivity index (χ4n) is 16.0. The second-order valence-corrected chi connectivity index (χ2v) is 35.9. The van der Waals surface area contributed by atoms with Crippen molar-refractivity contribution in [3.63, 3.8) is 0 Å². The van der Waals surface area contributed by atoms with Gasteiger partial charge in [0.05, 0.1) is 28.2 Å². The molecule has 8 amide bonds. The molecule has 23 nitrogen and oxygen atoms in total. The van der Waals surface area contributed by atoms with Crippen LogP contribution in [0.2, 0.25) is 0 Å². The van der Waals surface area contributed by atoms with Crippen molar-refractivity contribution in [1.82, 2.24) is 36.4 Å². The van der Waals surface area contributed by atoms with E-state index < -0.39 is 11.6 Å². The van der Waals surface area contributed by atoms with E-state index in [9.17, 15) is 51.1 Å². The van der Waals surface area contributed by atoms with E-state index in [1.54, 1.807) is 33.9 Å². The van der Waals surface area contributed by atoms with E-state index in [1.165, 1.54) is 51.2 Å². The summed E-state index contributed by atoms with van der Waals surface area (Å²) in [6.45, 7) is 43.9. The summed E-state index contributed by atoms with van der Waals surface area (Å²) in [5.41, 5.74) is 21.1. The number of amides is 8. The largest absolute Gasteiger partial charge is 0.387 e. The second-order valence-electron chi connectivity index (χ2n) is 35.9. The van der Waals surface area contributed by atoms with Crippen LogP contribution in [0.3, 0.4) is 0 Å². The van der Waals surface area contributed by atoms with Crippen molar-refractivity contribution in [2.45, 2.75) is 164 Å². The molecule has 27 heteroatoms. The van der Waals surface area contributed by atoms with Gasteiger partial charge in [0.2, 0.25) is 23.6 Å². The first-order valence-electron chi connectivity index (χ1n) is 46.2. The smallest absolute Gasteiger partial charge is 0.324 e. The average Bonchev–Trinajstić information content (AvgIpc) is 1.34. The summed E-state index contributed by atoms with van der Waals surface area (Å²) in [6, 6.07) is 52.9. The highest BCUT2D eigenvalue weighted by Gasteiger charge is 2.31. The monoisotopic (exact) mass is 1790 g/mol. The van der Waals surface area contributed by atoms with Crippen LogP contribution < -0.4 is 66.6 Å². The molecule has 8 aromatic rings. The first-order valence-corrected chi connectivity index (χ1v) is 46.2. The van der Waals surface area contributed by atoms with Crippen LogP contribution in [0, 0.1) is 23.3 Å². The zero-order chi connectivity index (χ0) is 94.4. The summed E-state index contributed by atoms with van der Waals surface area (Å²) < 4.78 is 56.2. The van der Waals surface area contributed by atoms with Gasteiger partial charge in [-0.25, -0.2) is 22.4 Å². The number of hydrogen-bond acceptors (Lipinski definition) is 15. The van der Waals surface area contributed by atoms with E-state index in [0.717, 1.165) is 118 Å². The maximum atomic E-state index is 14.1. The highest BCUT2D eigenvalue weighted by atomic mass is 19.1. The maximum absolute atomic E-state index is 14.1. The molecular weight excluding hydrogens is 1650 g/mol. The normalized spacial score (nSPS) is 16.1. The number of aliphatic hydroxyl groups excluding tert-OH is 1. The predicted octanol–water partition coefficient (Wildman–Crippen LogP) is 16.5. The van der Waals surface area contributed by atoms with Gasteiger partial charge in [0.25, 0.3) is 11.8 Å². The minimum atomic E-state index is -0.557. The number of para-hydroxylation sites is 1. The summed E-state index contributed by atoms with van der Waals surface area (Å²) in [5.74, 6) is 0.708. The van der Waals surface area contributed by atoms with Crippen LogP contribution in [0.25, 0.3) is 0 Å². The minimum absolute atomic E-state index is 0.00639. The molecule has 0 bridgehead atoms. The SMILES string of the molecule is CC(C)c1cc(F)c(N2CCNC(=O)CC2)c(F)c1.CC(C)c1ccc(N2CCCN(C(=O)CO)CC2)cc1.CC(C)c1ccc(N2CCN(C)C2=O)c(F)c1.CC(C)c1ccc(N2CCNC(=O)CC2)c(F)c1.CC(C)c1ccc(N2CCNC(=O)CC2)cc1.CC(C)c1ccc(N2CCNC(=O)c3ccccc32)cc1.CC(C)c1ccc(N2CCNCC2)c(C(N)=O)c1. The summed E-state index contributed by atoms with van der Waals surface area (Å²) in [4.78, 5) is 98.1. The molecule has 7 aliphatic rings. The molecule has 8 aromatic carbocycles. The third-order valence-corrected chi connectivity index (χ3v) is 24.3. The Kier molecular flexibility index (Phi) is 39.2. The first kappa shape index (κ1) is 102. The molecule has 0 unspecified atom stereocenters. The highest BCUT2D eigenvalue weighted by Crippen LogP contribution is 2.35. The van der Waals surface area contributed by atoms with Gasteiger partial charge >= 0.3 is 6.03 Å². The van der Waals surface area contributed by atoms with Crippen LogP contribution in [0.4, 0.5) is 67.9 Å². The number of anilines is 8. The van der Waals surface area contributed by atoms with Crippen LogP contribution in [0.5, 0.6) is 0 Å². The van der Waals surface area contributed by atoms with Crippen molar-refractivity contribution in [2.75, 3.05) is 185 Å². The van der Waals surface area contributed by atoms with Crippen molar-refractivity contribution in [3.05, 3.63) is 237 Å². The van der Waals surface area contributed by atoms with E-state index in [4.69, 9.17) is 10.8 Å². The van der Waals surface area contributed by atoms with Gasteiger partial charge in [-0.1, -0.05) is 164 Å². The lowest BCUT2D eigenvalue weighted by Gasteiger charge is -2.31. The second kappa shape index (κ2) is 49.9. The number of fused-ring (bicyclic) bond motifs is 1. The van der Waals surface area contributed by atoms with E-state index in [1.807, 2.05) is 101 Å². The lowest BCUT2D eigenvalue weighted by atomic mass is 9.98. The Labute approximate surface area is 767 Å². The van der Waals surface area contributed by atoms with E-state index in [0.29, 0.717) is 130 Å². The number of carbonyl (C=O) groups is 7. The van der Waals surface area contributed by atoms with Gasteiger partial charge in [0, 0.05) is 186 Å². The summed E-state index contributed by atoms with van der Waals surface area (Å²) in [6.07, 6.45) is 2.21. The van der Waals surface area contributed by atoms with Crippen molar-refractivity contribution in [2.24, 2.45) is 5.73 Å². The number of primary amides is 1. The Hall–Kier alpha value is -11.7. The zero-order valence-electron chi connectivity index (χ0n) is 78.9. The molecule has 0 saturated carbocycles. The van der Waals surface area contributed by atoms with E-state index in [2.05, 4.69) is 180 Å². The number of carbonyl (C=O) groups excluding carboxylic acids is 7. The molecule has 130 heavy (non-hydrogen) atoms. The quantitative estimate of drug-likeness (QED) is 0.0444. The number of nitrogens with one attached hydrogen (secondary N) is 5. The Morgan fingerprint density at radius 2 is 0.762 bits per heavy atom. The molecule has 0 aliphatic carbocycles. The number of hydrogen-bond donors (Lipinski definition) is 7. The fourth-order valence-corrected chi connectivity index (χ4v) is 16.0. The number of urea groups is 1. The molecule has 0 atom stereocenters.